The summed E-state index contributed by atoms with van der Waals surface area (Å²) >= 11 is 1.38. The second-order valence-corrected chi connectivity index (χ2v) is 7.25. The molecular formula is C18H19N3O5S. The molecule has 1 aromatic carbocycles. The minimum absolute atomic E-state index is 0.0165. The SMILES string of the molecule is C/C=C\C1=C(C(=O)O)N2C(=O)C(NC(=O)[C@H](N)c3cccc(O)c3)[C@H]2SC1. The van der Waals surface area contributed by atoms with Crippen LogP contribution in [0.2, 0.25) is 0 Å². The monoisotopic (exact) mass is 389 g/mol. The number of β-lactam (4-membered cyclic amide) rings is 1. The molecule has 142 valence electrons. The van der Waals surface area contributed by atoms with E-state index in [4.69, 9.17) is 5.73 Å². The van der Waals surface area contributed by atoms with Crippen molar-refractivity contribution in [2.45, 2.75) is 24.4 Å². The van der Waals surface area contributed by atoms with E-state index in [-0.39, 0.29) is 11.4 Å². The zero-order valence-electron chi connectivity index (χ0n) is 14.5. The number of hydrogen-bond donors (Lipinski definition) is 4. The van der Waals surface area contributed by atoms with Crippen LogP contribution in [0.1, 0.15) is 18.5 Å². The van der Waals surface area contributed by atoms with E-state index in [2.05, 4.69) is 5.32 Å². The Kier molecular flexibility index (Phi) is 5.24. The number of nitrogens with one attached hydrogen (secondary N) is 1. The van der Waals surface area contributed by atoms with Crippen LogP contribution in [-0.2, 0) is 14.4 Å². The molecule has 1 fully saturated rings. The predicted octanol–water partition coefficient (Wildman–Crippen LogP) is 0.707. The number of aromatic hydroxyl groups is 1. The highest BCUT2D eigenvalue weighted by Crippen LogP contribution is 2.40. The lowest BCUT2D eigenvalue weighted by molar-refractivity contribution is -0.150. The van der Waals surface area contributed by atoms with Crippen LogP contribution in [-0.4, -0.2) is 50.1 Å². The number of thioether (sulfide) groups is 1. The zero-order valence-corrected chi connectivity index (χ0v) is 15.3. The van der Waals surface area contributed by atoms with Crippen LogP contribution in [0, 0.1) is 0 Å². The topological polar surface area (TPSA) is 133 Å². The number of nitrogens with two attached hydrogens (primary N) is 1. The third-order valence-corrected chi connectivity index (χ3v) is 5.68. The highest BCUT2D eigenvalue weighted by Gasteiger charge is 2.54. The van der Waals surface area contributed by atoms with Crippen molar-refractivity contribution in [2.24, 2.45) is 5.73 Å². The van der Waals surface area contributed by atoms with Crippen LogP contribution in [0.3, 0.4) is 0 Å². The van der Waals surface area contributed by atoms with Gasteiger partial charge in [0.25, 0.3) is 5.91 Å². The van der Waals surface area contributed by atoms with Gasteiger partial charge in [0.2, 0.25) is 5.91 Å². The van der Waals surface area contributed by atoms with Crippen molar-refractivity contribution < 1.29 is 24.6 Å². The van der Waals surface area contributed by atoms with Crippen LogP contribution in [0.4, 0.5) is 0 Å². The zero-order chi connectivity index (χ0) is 19.7. The summed E-state index contributed by atoms with van der Waals surface area (Å²) in [7, 11) is 0. The number of phenolic OH excluding ortho intramolecular Hbond substituents is 1. The van der Waals surface area contributed by atoms with Gasteiger partial charge in [-0.15, -0.1) is 11.8 Å². The average molecular weight is 389 g/mol. The van der Waals surface area contributed by atoms with Gasteiger partial charge in [-0.1, -0.05) is 24.3 Å². The molecule has 1 aromatic rings. The van der Waals surface area contributed by atoms with Gasteiger partial charge in [0.15, 0.2) is 0 Å². The van der Waals surface area contributed by atoms with Crippen LogP contribution in [0.15, 0.2) is 47.7 Å². The van der Waals surface area contributed by atoms with E-state index >= 15 is 0 Å². The molecule has 0 radical (unpaired) electrons. The number of rotatable bonds is 5. The van der Waals surface area contributed by atoms with E-state index in [9.17, 15) is 24.6 Å². The predicted molar refractivity (Wildman–Crippen MR) is 99.5 cm³/mol. The standard InChI is InChI=1S/C18H19N3O5S/c1-2-4-10-8-27-17-13(16(24)21(17)14(10)18(25)26)20-15(23)12(19)9-5-3-6-11(22)7-9/h2-7,12-13,17,22H,8,19H2,1H3,(H,20,23)(H,25,26)/b4-2-/t12-,13?,17-/m1/s1. The summed E-state index contributed by atoms with van der Waals surface area (Å²) in [6.45, 7) is 1.77. The number of carboxylic acid groups (broad SMARTS) is 1. The number of benzene rings is 1. The number of carbonyl (C=O) groups excluding carboxylic acids is 2. The largest absolute Gasteiger partial charge is 0.508 e. The quantitative estimate of drug-likeness (QED) is 0.545. The maximum Gasteiger partial charge on any atom is 0.352 e. The fraction of sp³-hybridized carbons (Fsp3) is 0.278. The highest BCUT2D eigenvalue weighted by atomic mass is 32.2. The molecule has 5 N–H and O–H groups in total. The molecule has 2 aliphatic heterocycles. The van der Waals surface area contributed by atoms with Crippen LogP contribution < -0.4 is 11.1 Å². The Morgan fingerprint density at radius 3 is 2.81 bits per heavy atom. The molecular weight excluding hydrogens is 370 g/mol. The van der Waals surface area contributed by atoms with Crippen LogP contribution in [0.25, 0.3) is 0 Å². The Balaban J connectivity index is 1.75. The van der Waals surface area contributed by atoms with Gasteiger partial charge in [0.1, 0.15) is 28.9 Å². The lowest BCUT2D eigenvalue weighted by Crippen LogP contribution is -2.71. The number of phenols is 1. The van der Waals surface area contributed by atoms with E-state index in [0.29, 0.717) is 16.9 Å². The second kappa shape index (κ2) is 7.45. The minimum atomic E-state index is -1.18. The van der Waals surface area contributed by atoms with Crippen molar-refractivity contribution in [3.05, 3.63) is 53.3 Å². The Morgan fingerprint density at radius 2 is 2.19 bits per heavy atom. The third-order valence-electron chi connectivity index (χ3n) is 4.38. The van der Waals surface area contributed by atoms with Gasteiger partial charge in [0, 0.05) is 5.75 Å². The first-order valence-corrected chi connectivity index (χ1v) is 9.28. The van der Waals surface area contributed by atoms with Crippen molar-refractivity contribution in [3.8, 4) is 5.75 Å². The number of carbonyl (C=O) groups is 3. The molecule has 3 rings (SSSR count). The molecule has 0 aromatic heterocycles. The fourth-order valence-electron chi connectivity index (χ4n) is 3.08. The normalized spacial score (nSPS) is 23.0. The number of allylic oxidation sites excluding steroid dienone is 2. The van der Waals surface area contributed by atoms with Crippen LogP contribution >= 0.6 is 11.8 Å². The second-order valence-electron chi connectivity index (χ2n) is 6.15. The van der Waals surface area contributed by atoms with Crippen molar-refractivity contribution in [3.63, 3.8) is 0 Å². The molecule has 1 saturated heterocycles. The molecule has 1 unspecified atom stereocenters. The fourth-order valence-corrected chi connectivity index (χ4v) is 4.40. The molecule has 2 amide bonds. The maximum absolute atomic E-state index is 12.5. The molecule has 0 saturated carbocycles. The van der Waals surface area contributed by atoms with E-state index in [1.165, 1.54) is 28.8 Å². The smallest absolute Gasteiger partial charge is 0.352 e. The summed E-state index contributed by atoms with van der Waals surface area (Å²) in [5.74, 6) is -1.83. The number of nitrogens with zero attached hydrogens (tertiary/aromatic N) is 1. The highest BCUT2D eigenvalue weighted by molar-refractivity contribution is 8.00. The van der Waals surface area contributed by atoms with Gasteiger partial charge < -0.3 is 21.3 Å². The van der Waals surface area contributed by atoms with E-state index < -0.39 is 35.2 Å². The molecule has 0 aliphatic carbocycles. The number of aliphatic carboxylic acids is 1. The molecule has 2 aliphatic rings. The molecule has 8 nitrogen and oxygen atoms in total. The van der Waals surface area contributed by atoms with Crippen molar-refractivity contribution >= 4 is 29.5 Å². The first kappa shape index (κ1) is 19.0. The summed E-state index contributed by atoms with van der Waals surface area (Å²) in [5, 5.41) is 21.1. The first-order chi connectivity index (χ1) is 12.8. The number of hydrogen-bond acceptors (Lipinski definition) is 6. The number of amides is 2. The van der Waals surface area contributed by atoms with Gasteiger partial charge in [-0.3, -0.25) is 14.5 Å². The summed E-state index contributed by atoms with van der Waals surface area (Å²) in [6, 6.07) is 4.11. The Morgan fingerprint density at radius 1 is 1.44 bits per heavy atom. The summed E-state index contributed by atoms with van der Waals surface area (Å²) in [6.07, 6.45) is 3.39. The maximum atomic E-state index is 12.5. The van der Waals surface area contributed by atoms with Crippen molar-refractivity contribution in [1.29, 1.82) is 0 Å². The van der Waals surface area contributed by atoms with Gasteiger partial charge in [-0.2, -0.15) is 0 Å². The Labute approximate surface area is 159 Å². The average Bonchev–Trinajstić information content (AvgIpc) is 2.64. The van der Waals surface area contributed by atoms with E-state index in [0.717, 1.165) is 0 Å². The lowest BCUT2D eigenvalue weighted by Gasteiger charge is -2.49. The molecule has 9 heteroatoms. The van der Waals surface area contributed by atoms with Gasteiger partial charge >= 0.3 is 5.97 Å². The molecule has 2 heterocycles. The lowest BCUT2D eigenvalue weighted by atomic mass is 10.0. The van der Waals surface area contributed by atoms with Crippen LogP contribution in [0.5, 0.6) is 5.75 Å². The van der Waals surface area contributed by atoms with E-state index in [1.807, 2.05) is 0 Å². The molecule has 0 bridgehead atoms. The van der Waals surface area contributed by atoms with E-state index in [1.54, 1.807) is 31.2 Å². The number of carboxylic acids is 1. The van der Waals surface area contributed by atoms with Gasteiger partial charge in [-0.05, 0) is 30.2 Å². The van der Waals surface area contributed by atoms with Crippen molar-refractivity contribution in [2.75, 3.05) is 5.75 Å². The van der Waals surface area contributed by atoms with Gasteiger partial charge in [-0.25, -0.2) is 4.79 Å². The third kappa shape index (κ3) is 3.43. The first-order valence-electron chi connectivity index (χ1n) is 8.24. The van der Waals surface area contributed by atoms with Crippen molar-refractivity contribution in [1.82, 2.24) is 10.2 Å². The minimum Gasteiger partial charge on any atom is -0.508 e. The summed E-state index contributed by atoms with van der Waals surface area (Å²) < 4.78 is 0. The number of fused-ring (bicyclic) bond motifs is 1. The molecule has 3 atom stereocenters. The molecule has 0 spiro atoms. The Bertz CT molecular complexity index is 866. The molecule has 27 heavy (non-hydrogen) atoms. The Hall–Kier alpha value is -2.78. The summed E-state index contributed by atoms with van der Waals surface area (Å²) in [5.41, 5.74) is 6.83. The van der Waals surface area contributed by atoms with Gasteiger partial charge in [0.05, 0.1) is 0 Å². The summed E-state index contributed by atoms with van der Waals surface area (Å²) in [4.78, 5) is 37.7.